The van der Waals surface area contributed by atoms with Crippen LogP contribution in [-0.2, 0) is 0 Å². The number of aromatic nitrogens is 4. The zero-order valence-electron chi connectivity index (χ0n) is 9.78. The average Bonchev–Trinajstić information content (AvgIpc) is 2.94. The van der Waals surface area contributed by atoms with Crippen molar-refractivity contribution in [3.8, 4) is 11.9 Å². The first-order valence-electron chi connectivity index (χ1n) is 5.05. The standard InChI is InChI=1S/C10H8ClN7S/c1-19-10(13-5-12)15-9-4-7(2-3-8(9)11)18-6-14-16-17-18/h2-4,6H,1H3,(H,13,15). The van der Waals surface area contributed by atoms with Crippen molar-refractivity contribution in [2.24, 2.45) is 4.99 Å². The van der Waals surface area contributed by atoms with Gasteiger partial charge < -0.3 is 0 Å². The minimum absolute atomic E-state index is 0.457. The lowest BCUT2D eigenvalue weighted by atomic mass is 10.3. The summed E-state index contributed by atoms with van der Waals surface area (Å²) < 4.78 is 1.49. The maximum Gasteiger partial charge on any atom is 0.183 e. The second-order valence-electron chi connectivity index (χ2n) is 3.25. The Morgan fingerprint density at radius 3 is 3.05 bits per heavy atom. The van der Waals surface area contributed by atoms with Crippen molar-refractivity contribution >= 4 is 34.2 Å². The van der Waals surface area contributed by atoms with Gasteiger partial charge in [-0.3, -0.25) is 5.32 Å². The summed E-state index contributed by atoms with van der Waals surface area (Å²) in [6.07, 6.45) is 5.10. The van der Waals surface area contributed by atoms with Gasteiger partial charge in [0.1, 0.15) is 6.33 Å². The van der Waals surface area contributed by atoms with Crippen molar-refractivity contribution < 1.29 is 0 Å². The minimum Gasteiger partial charge on any atom is -0.271 e. The summed E-state index contributed by atoms with van der Waals surface area (Å²) in [4.78, 5) is 4.27. The highest BCUT2D eigenvalue weighted by molar-refractivity contribution is 8.13. The van der Waals surface area contributed by atoms with E-state index in [-0.39, 0.29) is 0 Å². The van der Waals surface area contributed by atoms with Gasteiger partial charge in [-0.1, -0.05) is 23.4 Å². The predicted octanol–water partition coefficient (Wildman–Crippen LogP) is 1.74. The van der Waals surface area contributed by atoms with Crippen LogP contribution in [0.25, 0.3) is 5.69 Å². The van der Waals surface area contributed by atoms with Crippen LogP contribution in [-0.4, -0.2) is 31.6 Å². The summed E-state index contributed by atoms with van der Waals surface area (Å²) in [6, 6.07) is 5.20. The summed E-state index contributed by atoms with van der Waals surface area (Å²) in [5.41, 5.74) is 1.26. The van der Waals surface area contributed by atoms with Gasteiger partial charge in [-0.2, -0.15) is 5.26 Å². The van der Waals surface area contributed by atoms with E-state index in [1.54, 1.807) is 18.2 Å². The summed E-state index contributed by atoms with van der Waals surface area (Å²) >= 11 is 7.38. The van der Waals surface area contributed by atoms with Crippen LogP contribution in [0.3, 0.4) is 0 Å². The molecular weight excluding hydrogens is 286 g/mol. The third-order valence-electron chi connectivity index (χ3n) is 2.12. The molecule has 1 aromatic heterocycles. The number of halogens is 1. The summed E-state index contributed by atoms with van der Waals surface area (Å²) in [6.45, 7) is 0. The number of benzene rings is 1. The molecule has 9 heteroatoms. The van der Waals surface area contributed by atoms with Gasteiger partial charge in [-0.15, -0.1) is 5.10 Å². The normalized spacial score (nSPS) is 11.1. The zero-order valence-corrected chi connectivity index (χ0v) is 11.4. The van der Waals surface area contributed by atoms with Crippen molar-refractivity contribution in [1.29, 1.82) is 5.26 Å². The predicted molar refractivity (Wildman–Crippen MR) is 73.5 cm³/mol. The quantitative estimate of drug-likeness (QED) is 0.392. The number of thioether (sulfide) groups is 1. The van der Waals surface area contributed by atoms with Gasteiger partial charge in [-0.25, -0.2) is 9.67 Å². The number of nitrogens with one attached hydrogen (secondary N) is 1. The van der Waals surface area contributed by atoms with Crippen LogP contribution >= 0.6 is 23.4 Å². The zero-order chi connectivity index (χ0) is 13.7. The first-order valence-corrected chi connectivity index (χ1v) is 6.65. The molecule has 0 atom stereocenters. The minimum atomic E-state index is 0.457. The third kappa shape index (κ3) is 3.21. The maximum atomic E-state index is 8.60. The monoisotopic (exact) mass is 293 g/mol. The summed E-state index contributed by atoms with van der Waals surface area (Å²) in [5.74, 6) is 0. The summed E-state index contributed by atoms with van der Waals surface area (Å²) in [7, 11) is 0. The number of rotatable bonds is 2. The Labute approximate surface area is 118 Å². The van der Waals surface area contributed by atoms with E-state index < -0.39 is 0 Å². The molecule has 1 N–H and O–H groups in total. The van der Waals surface area contributed by atoms with E-state index >= 15 is 0 Å². The van der Waals surface area contributed by atoms with Crippen molar-refractivity contribution in [2.45, 2.75) is 0 Å². The van der Waals surface area contributed by atoms with Crippen molar-refractivity contribution in [3.63, 3.8) is 0 Å². The lowest BCUT2D eigenvalue weighted by Gasteiger charge is -2.04. The Balaban J connectivity index is 2.40. The number of nitrogens with zero attached hydrogens (tertiary/aromatic N) is 6. The highest BCUT2D eigenvalue weighted by atomic mass is 35.5. The molecule has 0 unspecified atom stereocenters. The molecule has 0 aliphatic heterocycles. The van der Waals surface area contributed by atoms with Crippen LogP contribution < -0.4 is 5.32 Å². The molecule has 2 aromatic rings. The van der Waals surface area contributed by atoms with Crippen LogP contribution in [0.1, 0.15) is 0 Å². The Kier molecular flexibility index (Phi) is 4.33. The highest BCUT2D eigenvalue weighted by Gasteiger charge is 2.05. The number of amidine groups is 1. The number of nitriles is 1. The highest BCUT2D eigenvalue weighted by Crippen LogP contribution is 2.27. The van der Waals surface area contributed by atoms with Gasteiger partial charge >= 0.3 is 0 Å². The second-order valence-corrected chi connectivity index (χ2v) is 4.45. The van der Waals surface area contributed by atoms with E-state index in [0.29, 0.717) is 15.9 Å². The molecule has 0 bridgehead atoms. The largest absolute Gasteiger partial charge is 0.271 e. The molecule has 0 saturated carbocycles. The molecule has 1 heterocycles. The van der Waals surface area contributed by atoms with Gasteiger partial charge in [0.15, 0.2) is 11.4 Å². The van der Waals surface area contributed by atoms with Crippen LogP contribution in [0.15, 0.2) is 29.5 Å². The molecule has 1 aromatic carbocycles. The van der Waals surface area contributed by atoms with Gasteiger partial charge in [0.05, 0.1) is 16.4 Å². The topological polar surface area (TPSA) is 91.8 Å². The molecule has 96 valence electrons. The fraction of sp³-hybridized carbons (Fsp3) is 0.100. The fourth-order valence-corrected chi connectivity index (χ4v) is 1.79. The van der Waals surface area contributed by atoms with E-state index in [2.05, 4.69) is 25.8 Å². The van der Waals surface area contributed by atoms with Crippen LogP contribution in [0.4, 0.5) is 5.69 Å². The Hall–Kier alpha value is -2.11. The number of hydrogen-bond donors (Lipinski definition) is 1. The van der Waals surface area contributed by atoms with Gasteiger partial charge in [0, 0.05) is 0 Å². The van der Waals surface area contributed by atoms with Crippen LogP contribution in [0.2, 0.25) is 5.02 Å². The van der Waals surface area contributed by atoms with Crippen LogP contribution in [0, 0.1) is 11.5 Å². The smallest absolute Gasteiger partial charge is 0.183 e. The molecule has 7 nitrogen and oxygen atoms in total. The van der Waals surface area contributed by atoms with Crippen molar-refractivity contribution in [3.05, 3.63) is 29.5 Å². The molecule has 0 spiro atoms. The first kappa shape index (κ1) is 13.3. The Morgan fingerprint density at radius 1 is 1.58 bits per heavy atom. The fourth-order valence-electron chi connectivity index (χ4n) is 1.29. The van der Waals surface area contributed by atoms with E-state index in [1.807, 2.05) is 12.4 Å². The molecule has 2 rings (SSSR count). The molecular formula is C10H8ClN7S. The molecule has 0 amide bonds. The Bertz CT molecular complexity index is 632. The van der Waals surface area contributed by atoms with Crippen molar-refractivity contribution in [2.75, 3.05) is 6.26 Å². The summed E-state index contributed by atoms with van der Waals surface area (Å²) in [5, 5.41) is 22.9. The second kappa shape index (κ2) is 6.17. The third-order valence-corrected chi connectivity index (χ3v) is 3.02. The maximum absolute atomic E-state index is 8.60. The Morgan fingerprint density at radius 2 is 2.42 bits per heavy atom. The lowest BCUT2D eigenvalue weighted by Crippen LogP contribution is -2.12. The molecule has 0 radical (unpaired) electrons. The number of aliphatic imine (C=N–C) groups is 1. The van der Waals surface area contributed by atoms with E-state index in [9.17, 15) is 0 Å². The van der Waals surface area contributed by atoms with E-state index in [0.717, 1.165) is 5.69 Å². The molecule has 0 aliphatic carbocycles. The van der Waals surface area contributed by atoms with Gasteiger partial charge in [0.25, 0.3) is 0 Å². The molecule has 19 heavy (non-hydrogen) atoms. The van der Waals surface area contributed by atoms with E-state index in [4.69, 9.17) is 16.9 Å². The van der Waals surface area contributed by atoms with E-state index in [1.165, 1.54) is 22.8 Å². The lowest BCUT2D eigenvalue weighted by molar-refractivity contribution is 0.789. The molecule has 0 aliphatic rings. The molecule has 0 fully saturated rings. The van der Waals surface area contributed by atoms with Crippen molar-refractivity contribution in [1.82, 2.24) is 25.5 Å². The van der Waals surface area contributed by atoms with Gasteiger partial charge in [-0.05, 0) is 34.9 Å². The molecule has 0 saturated heterocycles. The van der Waals surface area contributed by atoms with Gasteiger partial charge in [0.2, 0.25) is 0 Å². The van der Waals surface area contributed by atoms with Crippen LogP contribution in [0.5, 0.6) is 0 Å². The average molecular weight is 294 g/mol. The number of tetrazole rings is 1. The first-order chi connectivity index (χ1) is 9.24. The number of hydrogen-bond acceptors (Lipinski definition) is 6. The SMILES string of the molecule is CSC(=Nc1cc(-n2cnnn2)ccc1Cl)NC#N.